The molecule has 1 atom stereocenters. The number of benzene rings is 2. The van der Waals surface area contributed by atoms with Crippen LogP contribution in [-0.2, 0) is 21.3 Å². The Hall–Kier alpha value is -1.64. The van der Waals surface area contributed by atoms with Crippen molar-refractivity contribution in [2.75, 3.05) is 27.4 Å². The third-order valence-electron chi connectivity index (χ3n) is 4.65. The largest absolute Gasteiger partial charge is 0.384 e. The topological polar surface area (TPSA) is 18.5 Å². The quantitative estimate of drug-likeness (QED) is 0.835. The second kappa shape index (κ2) is 6.00. The lowest BCUT2D eigenvalue weighted by atomic mass is 9.73. The summed E-state index contributed by atoms with van der Waals surface area (Å²) in [6.07, 6.45) is 1.05. The van der Waals surface area contributed by atoms with Crippen molar-refractivity contribution in [2.24, 2.45) is 0 Å². The lowest BCUT2D eigenvalue weighted by molar-refractivity contribution is 0.0496. The summed E-state index contributed by atoms with van der Waals surface area (Å²) in [4.78, 5) is 0. The number of rotatable bonds is 5. The molecule has 0 aliphatic heterocycles. The van der Waals surface area contributed by atoms with E-state index in [4.69, 9.17) is 9.47 Å². The molecule has 0 fully saturated rings. The number of hydrogen-bond donors (Lipinski definition) is 0. The lowest BCUT2D eigenvalue weighted by Crippen LogP contribution is -2.39. The van der Waals surface area contributed by atoms with Gasteiger partial charge in [0.25, 0.3) is 0 Å². The number of hydrogen-bond acceptors (Lipinski definition) is 2. The molecule has 0 bridgehead atoms. The van der Waals surface area contributed by atoms with Crippen LogP contribution >= 0.6 is 0 Å². The molecule has 1 unspecified atom stereocenters. The summed E-state index contributed by atoms with van der Waals surface area (Å²) in [6, 6.07) is 19.4. The maximum atomic E-state index is 5.61. The molecule has 0 radical (unpaired) electrons. The molecule has 0 saturated carbocycles. The Morgan fingerprint density at radius 2 is 1.52 bits per heavy atom. The summed E-state index contributed by atoms with van der Waals surface area (Å²) in [5.74, 6) is 0.399. The minimum atomic E-state index is -0.0958. The van der Waals surface area contributed by atoms with Gasteiger partial charge in [-0.3, -0.25) is 0 Å². The van der Waals surface area contributed by atoms with Gasteiger partial charge in [0.1, 0.15) is 0 Å². The van der Waals surface area contributed by atoms with Gasteiger partial charge in [-0.05, 0) is 23.1 Å². The molecule has 2 aromatic rings. The van der Waals surface area contributed by atoms with Crippen molar-refractivity contribution in [2.45, 2.75) is 17.8 Å². The highest BCUT2D eigenvalue weighted by Gasteiger charge is 2.47. The van der Waals surface area contributed by atoms with Gasteiger partial charge in [-0.1, -0.05) is 54.6 Å². The Morgan fingerprint density at radius 3 is 2.19 bits per heavy atom. The van der Waals surface area contributed by atoms with Crippen LogP contribution in [0.15, 0.2) is 54.6 Å². The summed E-state index contributed by atoms with van der Waals surface area (Å²) < 4.78 is 11.2. The maximum Gasteiger partial charge on any atom is 0.0587 e. The molecule has 110 valence electrons. The van der Waals surface area contributed by atoms with Crippen molar-refractivity contribution < 1.29 is 9.47 Å². The zero-order valence-electron chi connectivity index (χ0n) is 12.7. The average Bonchev–Trinajstić information content (AvgIpc) is 2.84. The molecule has 0 heterocycles. The number of methoxy groups -OCH3 is 2. The molecular weight excluding hydrogens is 260 g/mol. The van der Waals surface area contributed by atoms with E-state index in [9.17, 15) is 0 Å². The fourth-order valence-electron chi connectivity index (χ4n) is 3.82. The van der Waals surface area contributed by atoms with Crippen LogP contribution in [-0.4, -0.2) is 27.4 Å². The first kappa shape index (κ1) is 14.3. The maximum absolute atomic E-state index is 5.61. The molecule has 2 heteroatoms. The summed E-state index contributed by atoms with van der Waals surface area (Å²) in [6.45, 7) is 1.36. The van der Waals surface area contributed by atoms with E-state index in [0.717, 1.165) is 6.42 Å². The number of fused-ring (bicyclic) bond motifs is 1. The second-order valence-corrected chi connectivity index (χ2v) is 5.85. The Labute approximate surface area is 126 Å². The average molecular weight is 282 g/mol. The summed E-state index contributed by atoms with van der Waals surface area (Å²) in [5.41, 5.74) is 4.06. The first-order valence-corrected chi connectivity index (χ1v) is 7.43. The van der Waals surface area contributed by atoms with Crippen molar-refractivity contribution in [3.8, 4) is 0 Å². The summed E-state index contributed by atoms with van der Waals surface area (Å²) in [7, 11) is 3.56. The van der Waals surface area contributed by atoms with Gasteiger partial charge in [-0.2, -0.15) is 0 Å². The fraction of sp³-hybridized carbons (Fsp3) is 0.368. The normalized spacial score (nSPS) is 19.4. The van der Waals surface area contributed by atoms with E-state index >= 15 is 0 Å². The molecular formula is C19H22O2. The van der Waals surface area contributed by atoms with E-state index in [1.54, 1.807) is 14.2 Å². The van der Waals surface area contributed by atoms with Crippen molar-refractivity contribution >= 4 is 0 Å². The first-order valence-electron chi connectivity index (χ1n) is 7.43. The van der Waals surface area contributed by atoms with E-state index in [0.29, 0.717) is 19.1 Å². The molecule has 1 aliphatic rings. The first-order chi connectivity index (χ1) is 10.3. The van der Waals surface area contributed by atoms with Gasteiger partial charge in [-0.25, -0.2) is 0 Å². The standard InChI is InChI=1S/C19H22O2/c1-20-13-19(14-21-2)17-11-7-6-10-16(17)12-18(19)15-8-4-3-5-9-15/h3-11,18H,12-14H2,1-2H3. The highest BCUT2D eigenvalue weighted by Crippen LogP contribution is 2.49. The minimum absolute atomic E-state index is 0.0958. The fourth-order valence-corrected chi connectivity index (χ4v) is 3.82. The smallest absolute Gasteiger partial charge is 0.0587 e. The summed E-state index contributed by atoms with van der Waals surface area (Å²) >= 11 is 0. The number of ether oxygens (including phenoxy) is 2. The van der Waals surface area contributed by atoms with E-state index in [-0.39, 0.29) is 5.41 Å². The van der Waals surface area contributed by atoms with Crippen LogP contribution < -0.4 is 0 Å². The second-order valence-electron chi connectivity index (χ2n) is 5.85. The van der Waals surface area contributed by atoms with Crippen LogP contribution in [0.25, 0.3) is 0 Å². The van der Waals surface area contributed by atoms with Crippen LogP contribution in [0, 0.1) is 0 Å². The molecule has 0 N–H and O–H groups in total. The van der Waals surface area contributed by atoms with E-state index in [1.165, 1.54) is 16.7 Å². The van der Waals surface area contributed by atoms with Crippen molar-refractivity contribution in [3.05, 3.63) is 71.3 Å². The molecule has 3 rings (SSSR count). The molecule has 2 nitrogen and oxygen atoms in total. The molecule has 1 aliphatic carbocycles. The minimum Gasteiger partial charge on any atom is -0.384 e. The van der Waals surface area contributed by atoms with Crippen LogP contribution in [0.3, 0.4) is 0 Å². The highest BCUT2D eigenvalue weighted by molar-refractivity contribution is 5.46. The van der Waals surface area contributed by atoms with Gasteiger partial charge in [0.05, 0.1) is 13.2 Å². The SMILES string of the molecule is COCC1(COC)c2ccccc2CC1c1ccccc1. The molecule has 21 heavy (non-hydrogen) atoms. The zero-order valence-corrected chi connectivity index (χ0v) is 12.7. The molecule has 0 saturated heterocycles. The Morgan fingerprint density at radius 1 is 0.905 bits per heavy atom. The van der Waals surface area contributed by atoms with Crippen LogP contribution in [0.2, 0.25) is 0 Å². The van der Waals surface area contributed by atoms with Gasteiger partial charge < -0.3 is 9.47 Å². The predicted molar refractivity (Wildman–Crippen MR) is 84.8 cm³/mol. The van der Waals surface area contributed by atoms with Crippen LogP contribution in [0.4, 0.5) is 0 Å². The van der Waals surface area contributed by atoms with Gasteiger partial charge in [0.15, 0.2) is 0 Å². The van der Waals surface area contributed by atoms with Crippen LogP contribution in [0.1, 0.15) is 22.6 Å². The van der Waals surface area contributed by atoms with E-state index in [1.807, 2.05) is 0 Å². The molecule has 2 aromatic carbocycles. The van der Waals surface area contributed by atoms with Gasteiger partial charge in [-0.15, -0.1) is 0 Å². The Bertz CT molecular complexity index is 586. The summed E-state index contributed by atoms with van der Waals surface area (Å²) in [5, 5.41) is 0. The van der Waals surface area contributed by atoms with Gasteiger partial charge in [0, 0.05) is 25.6 Å². The van der Waals surface area contributed by atoms with Gasteiger partial charge >= 0.3 is 0 Å². The molecule has 0 amide bonds. The Balaban J connectivity index is 2.12. The molecule has 0 aromatic heterocycles. The Kier molecular flexibility index (Phi) is 4.09. The zero-order chi connectivity index (χ0) is 14.7. The van der Waals surface area contributed by atoms with Crippen LogP contribution in [0.5, 0.6) is 0 Å². The van der Waals surface area contributed by atoms with E-state index in [2.05, 4.69) is 54.6 Å². The molecule has 0 spiro atoms. The van der Waals surface area contributed by atoms with Gasteiger partial charge in [0.2, 0.25) is 0 Å². The predicted octanol–water partition coefficient (Wildman–Crippen LogP) is 3.56. The monoisotopic (exact) mass is 282 g/mol. The van der Waals surface area contributed by atoms with Crippen molar-refractivity contribution in [1.82, 2.24) is 0 Å². The third-order valence-corrected chi connectivity index (χ3v) is 4.65. The van der Waals surface area contributed by atoms with Crippen molar-refractivity contribution in [1.29, 1.82) is 0 Å². The third kappa shape index (κ3) is 2.39. The van der Waals surface area contributed by atoms with E-state index < -0.39 is 0 Å². The lowest BCUT2D eigenvalue weighted by Gasteiger charge is -2.35. The highest BCUT2D eigenvalue weighted by atomic mass is 16.5. The van der Waals surface area contributed by atoms with Crippen molar-refractivity contribution in [3.63, 3.8) is 0 Å².